The number of carbonyl (C=O) groups is 1. The molecule has 0 saturated carbocycles. The van der Waals surface area contributed by atoms with Gasteiger partial charge in [-0.2, -0.15) is 0 Å². The van der Waals surface area contributed by atoms with Crippen molar-refractivity contribution in [2.24, 2.45) is 0 Å². The second-order valence-corrected chi connectivity index (χ2v) is 2.57. The molecule has 0 heterocycles. The van der Waals surface area contributed by atoms with Gasteiger partial charge in [-0.1, -0.05) is 11.6 Å². The number of carboxylic acid groups (broad SMARTS) is 1. The van der Waals surface area contributed by atoms with Gasteiger partial charge in [-0.15, -0.1) is 12.4 Å². The maximum absolute atomic E-state index is 12.8. The van der Waals surface area contributed by atoms with Gasteiger partial charge in [0.05, 0.1) is 16.3 Å². The van der Waals surface area contributed by atoms with E-state index in [-0.39, 0.29) is 23.1 Å². The maximum atomic E-state index is 12.8. The first-order valence-corrected chi connectivity index (χ1v) is 3.38. The molecule has 0 aliphatic carbocycles. The van der Waals surface area contributed by atoms with E-state index in [1.54, 1.807) is 0 Å². The Hall–Kier alpha value is -1.00. The van der Waals surface area contributed by atoms with Crippen LogP contribution in [0.5, 0.6) is 0 Å². The van der Waals surface area contributed by atoms with Crippen molar-refractivity contribution >= 4 is 35.7 Å². The minimum Gasteiger partial charge on any atom is -0.478 e. The van der Waals surface area contributed by atoms with E-state index in [0.717, 1.165) is 12.1 Å². The average Bonchev–Trinajstić information content (AvgIpc) is 1.96. The summed E-state index contributed by atoms with van der Waals surface area (Å²) in [5.41, 5.74) is 4.84. The van der Waals surface area contributed by atoms with Gasteiger partial charge in [-0.05, 0) is 12.1 Å². The molecule has 0 fully saturated rings. The predicted molar refractivity (Wildman–Crippen MR) is 50.0 cm³/mol. The highest BCUT2D eigenvalue weighted by Gasteiger charge is 2.12. The third kappa shape index (κ3) is 2.47. The molecule has 1 aromatic rings. The SMILES string of the molecule is Cl.Nc1cc(C(=O)O)c(F)cc1Cl. The minimum absolute atomic E-state index is 0. The van der Waals surface area contributed by atoms with Crippen molar-refractivity contribution in [3.05, 3.63) is 28.5 Å². The molecule has 0 bridgehead atoms. The Morgan fingerprint density at radius 2 is 2.08 bits per heavy atom. The molecule has 0 atom stereocenters. The van der Waals surface area contributed by atoms with Gasteiger partial charge in [-0.25, -0.2) is 9.18 Å². The summed E-state index contributed by atoms with van der Waals surface area (Å²) >= 11 is 5.43. The maximum Gasteiger partial charge on any atom is 0.338 e. The van der Waals surface area contributed by atoms with E-state index in [1.807, 2.05) is 0 Å². The normalized spacial score (nSPS) is 9.08. The number of anilines is 1. The standard InChI is InChI=1S/C7H5ClFNO2.ClH/c8-4-2-5(9)3(7(11)12)1-6(4)10;/h1-2H,10H2,(H,11,12);1H. The van der Waals surface area contributed by atoms with E-state index in [9.17, 15) is 9.18 Å². The van der Waals surface area contributed by atoms with Crippen molar-refractivity contribution in [2.45, 2.75) is 0 Å². The molecule has 72 valence electrons. The highest BCUT2D eigenvalue weighted by molar-refractivity contribution is 6.33. The third-order valence-corrected chi connectivity index (χ3v) is 1.64. The summed E-state index contributed by atoms with van der Waals surface area (Å²) in [6, 6.07) is 1.86. The minimum atomic E-state index is -1.36. The van der Waals surface area contributed by atoms with Crippen LogP contribution in [0.4, 0.5) is 10.1 Å². The Kier molecular flexibility index (Phi) is 3.97. The van der Waals surface area contributed by atoms with Crippen LogP contribution in [0.15, 0.2) is 12.1 Å². The van der Waals surface area contributed by atoms with Gasteiger partial charge in [0.1, 0.15) is 5.82 Å². The lowest BCUT2D eigenvalue weighted by molar-refractivity contribution is 0.0692. The molecule has 0 aliphatic heterocycles. The summed E-state index contributed by atoms with van der Waals surface area (Å²) in [5, 5.41) is 8.45. The molecule has 1 aromatic carbocycles. The topological polar surface area (TPSA) is 63.3 Å². The zero-order chi connectivity index (χ0) is 9.30. The van der Waals surface area contributed by atoms with Gasteiger partial charge in [0.25, 0.3) is 0 Å². The largest absolute Gasteiger partial charge is 0.478 e. The van der Waals surface area contributed by atoms with E-state index >= 15 is 0 Å². The summed E-state index contributed by atoms with van der Waals surface area (Å²) in [6.07, 6.45) is 0. The fourth-order valence-electron chi connectivity index (χ4n) is 0.730. The number of nitrogen functional groups attached to an aromatic ring is 1. The lowest BCUT2D eigenvalue weighted by atomic mass is 10.2. The Morgan fingerprint density at radius 3 is 2.54 bits per heavy atom. The molecular weight excluding hydrogens is 220 g/mol. The number of carboxylic acids is 1. The van der Waals surface area contributed by atoms with E-state index in [1.165, 1.54) is 0 Å². The van der Waals surface area contributed by atoms with Gasteiger partial charge in [-0.3, -0.25) is 0 Å². The number of rotatable bonds is 1. The summed E-state index contributed by atoms with van der Waals surface area (Å²) in [5.74, 6) is -2.25. The van der Waals surface area contributed by atoms with Crippen LogP contribution in [-0.2, 0) is 0 Å². The molecule has 0 aromatic heterocycles. The Bertz CT molecular complexity index is 344. The molecule has 0 saturated heterocycles. The van der Waals surface area contributed by atoms with Crippen molar-refractivity contribution in [1.82, 2.24) is 0 Å². The van der Waals surface area contributed by atoms with Crippen molar-refractivity contribution in [1.29, 1.82) is 0 Å². The van der Waals surface area contributed by atoms with E-state index in [2.05, 4.69) is 0 Å². The molecule has 13 heavy (non-hydrogen) atoms. The summed E-state index contributed by atoms with van der Waals surface area (Å²) in [7, 11) is 0. The molecule has 0 radical (unpaired) electrons. The van der Waals surface area contributed by atoms with Crippen molar-refractivity contribution in [2.75, 3.05) is 5.73 Å². The van der Waals surface area contributed by atoms with Crippen LogP contribution in [0.1, 0.15) is 10.4 Å². The first kappa shape index (κ1) is 12.0. The number of aromatic carboxylic acids is 1. The first-order valence-electron chi connectivity index (χ1n) is 3.00. The highest BCUT2D eigenvalue weighted by Crippen LogP contribution is 2.22. The zero-order valence-electron chi connectivity index (χ0n) is 6.25. The molecule has 3 nitrogen and oxygen atoms in total. The number of nitrogens with two attached hydrogens (primary N) is 1. The molecule has 1 rings (SSSR count). The van der Waals surface area contributed by atoms with Crippen LogP contribution < -0.4 is 5.73 Å². The molecule has 6 heteroatoms. The molecule has 0 aliphatic rings. The summed E-state index contributed by atoms with van der Waals surface area (Å²) in [4.78, 5) is 10.3. The molecule has 0 spiro atoms. The summed E-state index contributed by atoms with van der Waals surface area (Å²) in [6.45, 7) is 0. The van der Waals surface area contributed by atoms with Gasteiger partial charge in [0, 0.05) is 0 Å². The molecule has 0 unspecified atom stereocenters. The van der Waals surface area contributed by atoms with E-state index in [0.29, 0.717) is 0 Å². The fourth-order valence-corrected chi connectivity index (χ4v) is 0.880. The lowest BCUT2D eigenvalue weighted by Gasteiger charge is -2.00. The predicted octanol–water partition coefficient (Wildman–Crippen LogP) is 2.18. The Balaban J connectivity index is 0.00000144. The number of hydrogen-bond donors (Lipinski definition) is 2. The van der Waals surface area contributed by atoms with Crippen LogP contribution in [0.2, 0.25) is 5.02 Å². The second kappa shape index (κ2) is 4.30. The fraction of sp³-hybridized carbons (Fsp3) is 0. The average molecular weight is 226 g/mol. The van der Waals surface area contributed by atoms with E-state index in [4.69, 9.17) is 22.4 Å². The number of halogens is 3. The van der Waals surface area contributed by atoms with Gasteiger partial charge < -0.3 is 10.8 Å². The monoisotopic (exact) mass is 225 g/mol. The van der Waals surface area contributed by atoms with Crippen LogP contribution >= 0.6 is 24.0 Å². The lowest BCUT2D eigenvalue weighted by Crippen LogP contribution is -2.02. The van der Waals surface area contributed by atoms with Crippen molar-refractivity contribution in [3.8, 4) is 0 Å². The highest BCUT2D eigenvalue weighted by atomic mass is 35.5. The summed E-state index contributed by atoms with van der Waals surface area (Å²) < 4.78 is 12.8. The van der Waals surface area contributed by atoms with Crippen LogP contribution in [0.25, 0.3) is 0 Å². The quantitative estimate of drug-likeness (QED) is 0.721. The van der Waals surface area contributed by atoms with Gasteiger partial charge >= 0.3 is 5.97 Å². The zero-order valence-corrected chi connectivity index (χ0v) is 7.82. The van der Waals surface area contributed by atoms with Gasteiger partial charge in [0.2, 0.25) is 0 Å². The van der Waals surface area contributed by atoms with Crippen LogP contribution in [0, 0.1) is 5.82 Å². The van der Waals surface area contributed by atoms with Gasteiger partial charge in [0.15, 0.2) is 0 Å². The van der Waals surface area contributed by atoms with Crippen LogP contribution in [-0.4, -0.2) is 11.1 Å². The number of hydrogen-bond acceptors (Lipinski definition) is 2. The van der Waals surface area contributed by atoms with E-state index < -0.39 is 17.3 Å². The number of benzene rings is 1. The third-order valence-electron chi connectivity index (χ3n) is 1.32. The molecular formula is C7H6Cl2FNO2. The van der Waals surface area contributed by atoms with Crippen molar-refractivity contribution < 1.29 is 14.3 Å². The smallest absolute Gasteiger partial charge is 0.338 e. The molecule has 0 amide bonds. The first-order chi connectivity index (χ1) is 5.52. The Labute approximate surface area is 84.7 Å². The van der Waals surface area contributed by atoms with Crippen molar-refractivity contribution in [3.63, 3.8) is 0 Å². The Morgan fingerprint density at radius 1 is 1.54 bits per heavy atom. The molecule has 3 N–H and O–H groups in total. The second-order valence-electron chi connectivity index (χ2n) is 2.16. The van der Waals surface area contributed by atoms with Crippen LogP contribution in [0.3, 0.4) is 0 Å².